The lowest BCUT2D eigenvalue weighted by Crippen LogP contribution is -2.44. The Morgan fingerprint density at radius 3 is 2.12 bits per heavy atom. The average Bonchev–Trinajstić information content (AvgIpc) is 2.73. The molecule has 2 saturated heterocycles. The molecule has 0 spiro atoms. The molecule has 0 N–H and O–H groups in total. The minimum Gasteiger partial charge on any atom is -0.325 e. The van der Waals surface area contributed by atoms with E-state index < -0.39 is 0 Å². The van der Waals surface area contributed by atoms with Gasteiger partial charge in [0, 0.05) is 31.9 Å². The van der Waals surface area contributed by atoms with Gasteiger partial charge in [0.05, 0.1) is 0 Å². The van der Waals surface area contributed by atoms with E-state index in [2.05, 4.69) is 9.80 Å². The van der Waals surface area contributed by atoms with Gasteiger partial charge in [-0.2, -0.15) is 11.8 Å². The van der Waals surface area contributed by atoms with Crippen LogP contribution in [0.4, 0.5) is 4.79 Å². The lowest BCUT2D eigenvalue weighted by Gasteiger charge is -2.28. The highest BCUT2D eigenvalue weighted by Gasteiger charge is 2.22. The zero-order valence-electron chi connectivity index (χ0n) is 9.99. The Hall–Kier alpha value is -0.380. The van der Waals surface area contributed by atoms with Crippen molar-refractivity contribution in [2.24, 2.45) is 0 Å². The smallest absolute Gasteiger partial charge is 0.320 e. The van der Waals surface area contributed by atoms with Crippen molar-refractivity contribution in [3.8, 4) is 0 Å². The molecule has 0 unspecified atom stereocenters. The third-order valence-electron chi connectivity index (χ3n) is 3.37. The van der Waals surface area contributed by atoms with E-state index in [-0.39, 0.29) is 0 Å². The Bertz CT molecular complexity index is 197. The highest BCUT2D eigenvalue weighted by molar-refractivity contribution is 7.99. The largest absolute Gasteiger partial charge is 0.325 e. The summed E-state index contributed by atoms with van der Waals surface area (Å²) in [5.74, 6) is 2.32. The van der Waals surface area contributed by atoms with Gasteiger partial charge in [-0.15, -0.1) is 0 Å². The summed E-state index contributed by atoms with van der Waals surface area (Å²) in [5.41, 5.74) is 0. The van der Waals surface area contributed by atoms with Gasteiger partial charge in [-0.25, -0.2) is 4.79 Å². The van der Waals surface area contributed by atoms with Crippen molar-refractivity contribution in [3.63, 3.8) is 0 Å². The third-order valence-corrected chi connectivity index (χ3v) is 4.42. The van der Waals surface area contributed by atoms with Gasteiger partial charge in [0.25, 0.3) is 0 Å². The van der Waals surface area contributed by atoms with Gasteiger partial charge in [0.1, 0.15) is 0 Å². The first-order valence-corrected chi connectivity index (χ1v) is 7.65. The van der Waals surface area contributed by atoms with Gasteiger partial charge in [-0.05, 0) is 25.0 Å². The summed E-state index contributed by atoms with van der Waals surface area (Å²) >= 11 is 1.98. The van der Waals surface area contributed by atoms with Crippen molar-refractivity contribution >= 4 is 17.8 Å². The zero-order valence-corrected chi connectivity index (χ0v) is 10.8. The summed E-state index contributed by atoms with van der Waals surface area (Å²) < 4.78 is 0. The summed E-state index contributed by atoms with van der Waals surface area (Å²) in [4.78, 5) is 16.4. The Balaban J connectivity index is 1.88. The number of thioether (sulfide) groups is 1. The molecule has 92 valence electrons. The standard InChI is InChI=1S/C12H22N2OS/c15-12(13-6-3-1-2-4-7-13)14-8-5-10-16-11-9-14/h1-11H2. The summed E-state index contributed by atoms with van der Waals surface area (Å²) in [6, 6.07) is 0.296. The summed E-state index contributed by atoms with van der Waals surface area (Å²) in [5, 5.41) is 0. The number of urea groups is 1. The van der Waals surface area contributed by atoms with Crippen molar-refractivity contribution < 1.29 is 4.79 Å². The molecule has 2 aliphatic rings. The fraction of sp³-hybridized carbons (Fsp3) is 0.917. The molecule has 0 radical (unpaired) electrons. The summed E-state index contributed by atoms with van der Waals surface area (Å²) in [6.07, 6.45) is 6.12. The molecule has 0 aromatic carbocycles. The minimum atomic E-state index is 0.296. The van der Waals surface area contributed by atoms with Crippen LogP contribution in [0.2, 0.25) is 0 Å². The molecule has 0 atom stereocenters. The van der Waals surface area contributed by atoms with Crippen LogP contribution in [0.25, 0.3) is 0 Å². The second-order valence-corrected chi connectivity index (χ2v) is 5.86. The molecule has 3 nitrogen and oxygen atoms in total. The first kappa shape index (κ1) is 12.1. The molecule has 2 rings (SSSR count). The molecule has 0 saturated carbocycles. The van der Waals surface area contributed by atoms with E-state index >= 15 is 0 Å². The first-order chi connectivity index (χ1) is 7.88. The van der Waals surface area contributed by atoms with Gasteiger partial charge in [0.2, 0.25) is 0 Å². The van der Waals surface area contributed by atoms with E-state index in [1.165, 1.54) is 31.4 Å². The number of hydrogen-bond donors (Lipinski definition) is 0. The summed E-state index contributed by atoms with van der Waals surface area (Å²) in [6.45, 7) is 3.85. The van der Waals surface area contributed by atoms with E-state index in [0.29, 0.717) is 6.03 Å². The van der Waals surface area contributed by atoms with Crippen LogP contribution in [0.3, 0.4) is 0 Å². The monoisotopic (exact) mass is 242 g/mol. The number of rotatable bonds is 0. The fourth-order valence-corrected chi connectivity index (χ4v) is 3.29. The molecule has 2 aliphatic heterocycles. The molecule has 4 heteroatoms. The molecule has 0 aromatic rings. The summed E-state index contributed by atoms with van der Waals surface area (Å²) in [7, 11) is 0. The van der Waals surface area contributed by atoms with E-state index in [4.69, 9.17) is 0 Å². The van der Waals surface area contributed by atoms with Crippen LogP contribution in [0.1, 0.15) is 32.1 Å². The number of hydrogen-bond acceptors (Lipinski definition) is 2. The van der Waals surface area contributed by atoms with Crippen LogP contribution in [-0.2, 0) is 0 Å². The molecule has 2 heterocycles. The minimum absolute atomic E-state index is 0.296. The van der Waals surface area contributed by atoms with Gasteiger partial charge >= 0.3 is 6.03 Å². The van der Waals surface area contributed by atoms with Crippen molar-refractivity contribution in [3.05, 3.63) is 0 Å². The number of carbonyl (C=O) groups excluding carboxylic acids is 1. The molecule has 0 bridgehead atoms. The van der Waals surface area contributed by atoms with Crippen LogP contribution in [-0.4, -0.2) is 53.5 Å². The number of amides is 2. The first-order valence-electron chi connectivity index (χ1n) is 6.49. The van der Waals surface area contributed by atoms with Gasteiger partial charge < -0.3 is 9.80 Å². The average molecular weight is 242 g/mol. The Labute approximate surface area is 103 Å². The molecule has 2 fully saturated rings. The maximum absolute atomic E-state index is 12.3. The quantitative estimate of drug-likeness (QED) is 0.651. The third kappa shape index (κ3) is 3.30. The zero-order chi connectivity index (χ0) is 11.2. The lowest BCUT2D eigenvalue weighted by atomic mass is 10.2. The van der Waals surface area contributed by atoms with Crippen LogP contribution >= 0.6 is 11.8 Å². The predicted molar refractivity (Wildman–Crippen MR) is 69.0 cm³/mol. The predicted octanol–water partition coefficient (Wildman–Crippen LogP) is 2.42. The van der Waals surface area contributed by atoms with Crippen LogP contribution in [0.15, 0.2) is 0 Å². The molecule has 16 heavy (non-hydrogen) atoms. The lowest BCUT2D eigenvalue weighted by molar-refractivity contribution is 0.158. The van der Waals surface area contributed by atoms with Crippen molar-refractivity contribution in [1.29, 1.82) is 0 Å². The van der Waals surface area contributed by atoms with E-state index in [1.54, 1.807) is 0 Å². The number of nitrogens with zero attached hydrogens (tertiary/aromatic N) is 2. The second kappa shape index (κ2) is 6.38. The van der Waals surface area contributed by atoms with E-state index in [9.17, 15) is 4.79 Å². The highest BCUT2D eigenvalue weighted by atomic mass is 32.2. The molecular weight excluding hydrogens is 220 g/mol. The van der Waals surface area contributed by atoms with Crippen LogP contribution in [0, 0.1) is 0 Å². The van der Waals surface area contributed by atoms with Gasteiger partial charge in [-0.3, -0.25) is 0 Å². The second-order valence-electron chi connectivity index (χ2n) is 4.64. The molecule has 2 amide bonds. The van der Waals surface area contributed by atoms with Gasteiger partial charge in [-0.1, -0.05) is 12.8 Å². The number of likely N-dealkylation sites (tertiary alicyclic amines) is 1. The maximum atomic E-state index is 12.3. The number of carbonyl (C=O) groups is 1. The Kier molecular flexibility index (Phi) is 4.82. The van der Waals surface area contributed by atoms with Gasteiger partial charge in [0.15, 0.2) is 0 Å². The topological polar surface area (TPSA) is 23.6 Å². The van der Waals surface area contributed by atoms with Crippen molar-refractivity contribution in [2.75, 3.05) is 37.7 Å². The highest BCUT2D eigenvalue weighted by Crippen LogP contribution is 2.15. The van der Waals surface area contributed by atoms with E-state index in [0.717, 1.165) is 38.4 Å². The maximum Gasteiger partial charge on any atom is 0.320 e. The van der Waals surface area contributed by atoms with Crippen molar-refractivity contribution in [2.45, 2.75) is 32.1 Å². The SMILES string of the molecule is O=C(N1CCCCCC1)N1CCCSCC1. The Morgan fingerprint density at radius 2 is 1.38 bits per heavy atom. The normalized spacial score (nSPS) is 23.8. The van der Waals surface area contributed by atoms with Crippen molar-refractivity contribution in [1.82, 2.24) is 9.80 Å². The molecule has 0 aliphatic carbocycles. The fourth-order valence-electron chi connectivity index (χ4n) is 2.40. The van der Waals surface area contributed by atoms with Crippen LogP contribution < -0.4 is 0 Å². The Morgan fingerprint density at radius 1 is 0.750 bits per heavy atom. The van der Waals surface area contributed by atoms with Crippen LogP contribution in [0.5, 0.6) is 0 Å². The van der Waals surface area contributed by atoms with E-state index in [1.807, 2.05) is 11.8 Å². The molecular formula is C12H22N2OS. The molecule has 0 aromatic heterocycles.